The van der Waals surface area contributed by atoms with Crippen molar-refractivity contribution in [3.05, 3.63) is 48.8 Å². The van der Waals surface area contributed by atoms with Crippen LogP contribution in [0.25, 0.3) is 28.2 Å². The van der Waals surface area contributed by atoms with Gasteiger partial charge in [-0.1, -0.05) is 19.9 Å². The number of likely N-dealkylation sites (tertiary alicyclic amines) is 1. The van der Waals surface area contributed by atoms with Gasteiger partial charge in [0.15, 0.2) is 11.5 Å². The lowest BCUT2D eigenvalue weighted by atomic mass is 10.0. The number of urea groups is 1. The summed E-state index contributed by atoms with van der Waals surface area (Å²) in [7, 11) is 0. The highest BCUT2D eigenvalue weighted by Gasteiger charge is 2.42. The van der Waals surface area contributed by atoms with Gasteiger partial charge in [0.05, 0.1) is 17.8 Å². The van der Waals surface area contributed by atoms with Crippen LogP contribution in [0.15, 0.2) is 43.0 Å². The lowest BCUT2D eigenvalue weighted by molar-refractivity contribution is 0.160. The summed E-state index contributed by atoms with van der Waals surface area (Å²) in [5.74, 6) is 0.698. The Bertz CT molecular complexity index is 1490. The monoisotopic (exact) mass is 567 g/mol. The first-order chi connectivity index (χ1) is 18.8. The maximum atomic E-state index is 15.0. The van der Waals surface area contributed by atoms with Crippen LogP contribution < -0.4 is 4.90 Å². The van der Waals surface area contributed by atoms with Crippen LogP contribution in [0.2, 0.25) is 0 Å². The first-order valence-corrected chi connectivity index (χ1v) is 13.7. The van der Waals surface area contributed by atoms with Crippen LogP contribution in [0.4, 0.5) is 15.0 Å². The number of carbonyl (C=O) groups excluding carboxylic acids is 1. The van der Waals surface area contributed by atoms with Gasteiger partial charge in [0, 0.05) is 36.9 Å². The third-order valence-electron chi connectivity index (χ3n) is 8.04. The normalized spacial score (nSPS) is 19.9. The van der Waals surface area contributed by atoms with Crippen LogP contribution in [-0.4, -0.2) is 83.4 Å². The molecule has 1 N–H and O–H groups in total. The second-order valence-corrected chi connectivity index (χ2v) is 11.1. The van der Waals surface area contributed by atoms with Crippen molar-refractivity contribution in [2.24, 2.45) is 5.92 Å². The van der Waals surface area contributed by atoms with Gasteiger partial charge in [-0.2, -0.15) is 10.2 Å². The Labute approximate surface area is 239 Å². The van der Waals surface area contributed by atoms with Crippen molar-refractivity contribution in [3.63, 3.8) is 0 Å². The molecule has 4 aromatic rings. The summed E-state index contributed by atoms with van der Waals surface area (Å²) in [5, 5.41) is 11.0. The van der Waals surface area contributed by atoms with E-state index >= 15 is 4.39 Å². The average Bonchev–Trinajstić information content (AvgIpc) is 3.71. The Kier molecular flexibility index (Phi) is 7.78. The molecule has 0 bridgehead atoms. The highest BCUT2D eigenvalue weighted by Crippen LogP contribution is 2.32. The lowest BCUT2D eigenvalue weighted by Crippen LogP contribution is -2.44. The predicted molar refractivity (Wildman–Crippen MR) is 154 cm³/mol. The van der Waals surface area contributed by atoms with E-state index < -0.39 is 5.82 Å². The number of fused-ring (bicyclic) bond motifs is 1. The van der Waals surface area contributed by atoms with Crippen molar-refractivity contribution in [2.45, 2.75) is 58.7 Å². The first-order valence-electron chi connectivity index (χ1n) is 13.7. The smallest absolute Gasteiger partial charge is 0.321 e. The van der Waals surface area contributed by atoms with Gasteiger partial charge in [0.1, 0.15) is 18.0 Å². The van der Waals surface area contributed by atoms with Crippen molar-refractivity contribution < 1.29 is 9.18 Å². The van der Waals surface area contributed by atoms with Gasteiger partial charge in [-0.25, -0.2) is 23.7 Å². The largest absolute Gasteiger partial charge is 0.326 e. The summed E-state index contributed by atoms with van der Waals surface area (Å²) in [6.45, 7) is 11.2. The van der Waals surface area contributed by atoms with E-state index in [1.54, 1.807) is 16.8 Å². The molecule has 2 aliphatic rings. The molecular formula is C28H35ClFN9O. The molecule has 2 atom stereocenters. The maximum absolute atomic E-state index is 15.0. The zero-order valence-electron chi connectivity index (χ0n) is 23.2. The van der Waals surface area contributed by atoms with Crippen LogP contribution in [0.1, 0.15) is 40.5 Å². The molecule has 40 heavy (non-hydrogen) atoms. The van der Waals surface area contributed by atoms with Gasteiger partial charge < -0.3 is 4.90 Å². The summed E-state index contributed by atoms with van der Waals surface area (Å²) >= 11 is 0. The van der Waals surface area contributed by atoms with Gasteiger partial charge in [0.25, 0.3) is 0 Å². The average molecular weight is 568 g/mol. The fourth-order valence-corrected chi connectivity index (χ4v) is 6.00. The van der Waals surface area contributed by atoms with Gasteiger partial charge in [-0.05, 0) is 62.9 Å². The minimum atomic E-state index is -0.435. The molecule has 2 fully saturated rings. The second kappa shape index (κ2) is 11.1. The number of halogens is 2. The number of nitrogens with zero attached hydrogens (tertiary/aromatic N) is 8. The molecule has 212 valence electrons. The molecule has 2 unspecified atom stereocenters. The minimum absolute atomic E-state index is 0. The summed E-state index contributed by atoms with van der Waals surface area (Å²) < 4.78 is 16.7. The molecule has 2 saturated heterocycles. The van der Waals surface area contributed by atoms with Crippen LogP contribution in [0, 0.1) is 11.7 Å². The highest BCUT2D eigenvalue weighted by molar-refractivity contribution is 5.94. The molecule has 0 spiro atoms. The minimum Gasteiger partial charge on any atom is -0.321 e. The van der Waals surface area contributed by atoms with E-state index in [1.165, 1.54) is 18.8 Å². The molecule has 10 nitrogen and oxygen atoms in total. The van der Waals surface area contributed by atoms with Crippen molar-refractivity contribution in [3.8, 4) is 22.5 Å². The van der Waals surface area contributed by atoms with E-state index in [2.05, 4.69) is 52.9 Å². The molecule has 0 aliphatic carbocycles. The van der Waals surface area contributed by atoms with Gasteiger partial charge >= 0.3 is 6.03 Å². The molecule has 0 saturated carbocycles. The zero-order valence-corrected chi connectivity index (χ0v) is 24.0. The molecule has 0 radical (unpaired) electrons. The quantitative estimate of drug-likeness (QED) is 0.342. The van der Waals surface area contributed by atoms with Crippen molar-refractivity contribution in [1.82, 2.24) is 39.6 Å². The number of hydrogen-bond acceptors (Lipinski definition) is 6. The Morgan fingerprint density at radius 1 is 1.15 bits per heavy atom. The third-order valence-corrected chi connectivity index (χ3v) is 8.04. The molecule has 2 amide bonds. The van der Waals surface area contributed by atoms with Crippen LogP contribution in [0.3, 0.4) is 0 Å². The Morgan fingerprint density at radius 3 is 2.67 bits per heavy atom. The van der Waals surface area contributed by atoms with Crippen LogP contribution in [-0.2, 0) is 0 Å². The predicted octanol–water partition coefficient (Wildman–Crippen LogP) is 4.88. The lowest BCUT2D eigenvalue weighted by Gasteiger charge is -2.31. The molecule has 5 heterocycles. The standard InChI is InChI=1S/C28H34FN9O.ClH/c1-17(2)24-15-35(14-20-6-5-10-36(20)18(3)4)28(39)38(24)25-9-11-37-27(33-25)22(13-32-37)19-7-8-21(23(29)12-19)26-30-16-31-34-26;/h7-9,11-13,16-18,20,24H,5-6,10,14-15H2,1-4H3,(H,30,31,34);1H. The van der Waals surface area contributed by atoms with Crippen molar-refractivity contribution >= 4 is 29.9 Å². The molecule has 2 aliphatic heterocycles. The van der Waals surface area contributed by atoms with Crippen LogP contribution >= 0.6 is 12.4 Å². The third kappa shape index (κ3) is 4.92. The van der Waals surface area contributed by atoms with E-state index in [0.29, 0.717) is 52.6 Å². The first kappa shape index (κ1) is 28.0. The number of nitrogens with one attached hydrogen (secondary N) is 1. The Balaban J connectivity index is 0.00000323. The molecule has 1 aromatic carbocycles. The summed E-state index contributed by atoms with van der Waals surface area (Å²) in [5.41, 5.74) is 2.19. The molecular weight excluding hydrogens is 533 g/mol. The van der Waals surface area contributed by atoms with Gasteiger partial charge in [-0.3, -0.25) is 14.9 Å². The van der Waals surface area contributed by atoms with Crippen molar-refractivity contribution in [2.75, 3.05) is 24.5 Å². The molecule has 3 aromatic heterocycles. The summed E-state index contributed by atoms with van der Waals surface area (Å²) in [6, 6.07) is 7.58. The number of aromatic nitrogens is 6. The van der Waals surface area contributed by atoms with E-state index in [1.807, 2.05) is 28.1 Å². The number of hydrogen-bond donors (Lipinski definition) is 1. The Hall–Kier alpha value is -3.57. The van der Waals surface area contributed by atoms with Crippen LogP contribution in [0.5, 0.6) is 0 Å². The number of anilines is 1. The highest BCUT2D eigenvalue weighted by atomic mass is 35.5. The fraction of sp³-hybridized carbons (Fsp3) is 0.464. The fourth-order valence-electron chi connectivity index (χ4n) is 6.00. The van der Waals surface area contributed by atoms with Gasteiger partial charge in [0.2, 0.25) is 0 Å². The summed E-state index contributed by atoms with van der Waals surface area (Å²) in [6.07, 6.45) is 7.18. The van der Waals surface area contributed by atoms with Crippen molar-refractivity contribution in [1.29, 1.82) is 0 Å². The number of carbonyl (C=O) groups is 1. The van der Waals surface area contributed by atoms with Gasteiger partial charge in [-0.15, -0.1) is 12.4 Å². The number of aromatic amines is 1. The van der Waals surface area contributed by atoms with E-state index in [0.717, 1.165) is 19.5 Å². The number of amides is 2. The zero-order chi connectivity index (χ0) is 27.3. The Morgan fingerprint density at radius 2 is 1.98 bits per heavy atom. The SMILES string of the molecule is CC(C)C1CN(CC2CCCN2C(C)C)C(=O)N1c1ccn2ncc(-c3ccc(-c4nc[nH]n4)c(F)c3)c2n1.Cl. The maximum Gasteiger partial charge on any atom is 0.326 e. The number of benzene rings is 1. The van der Waals surface area contributed by atoms with E-state index in [-0.39, 0.29) is 30.4 Å². The topological polar surface area (TPSA) is 98.6 Å². The van der Waals surface area contributed by atoms with E-state index in [4.69, 9.17) is 4.98 Å². The van der Waals surface area contributed by atoms with E-state index in [9.17, 15) is 4.79 Å². The second-order valence-electron chi connectivity index (χ2n) is 11.1. The number of rotatable bonds is 7. The summed E-state index contributed by atoms with van der Waals surface area (Å²) in [4.78, 5) is 29.1. The number of H-pyrrole nitrogens is 1. The molecule has 12 heteroatoms. The molecule has 6 rings (SSSR count).